The third-order valence-corrected chi connectivity index (χ3v) is 2.68. The van der Waals surface area contributed by atoms with E-state index in [0.717, 1.165) is 22.5 Å². The van der Waals surface area contributed by atoms with Crippen LogP contribution >= 0.6 is 0 Å². The second kappa shape index (κ2) is 4.41. The molecule has 0 fully saturated rings. The number of ether oxygens (including phenoxy) is 1. The summed E-state index contributed by atoms with van der Waals surface area (Å²) in [6.07, 6.45) is 3.46. The van der Waals surface area contributed by atoms with Gasteiger partial charge in [0.25, 0.3) is 0 Å². The summed E-state index contributed by atoms with van der Waals surface area (Å²) in [6.45, 7) is 0. The first-order chi connectivity index (χ1) is 8.86. The van der Waals surface area contributed by atoms with Crippen molar-refractivity contribution in [1.29, 1.82) is 0 Å². The Bertz CT molecular complexity index is 697. The molecule has 0 saturated heterocycles. The summed E-state index contributed by atoms with van der Waals surface area (Å²) in [5, 5.41) is 0. The fraction of sp³-hybridized carbons (Fsp3) is 0.0714. The third kappa shape index (κ3) is 1.88. The van der Waals surface area contributed by atoms with Gasteiger partial charge in [-0.15, -0.1) is 0 Å². The highest BCUT2D eigenvalue weighted by atomic mass is 16.5. The van der Waals surface area contributed by atoms with Gasteiger partial charge in [-0.3, -0.25) is 4.98 Å². The second-order valence-corrected chi connectivity index (χ2v) is 3.83. The van der Waals surface area contributed by atoms with E-state index in [9.17, 15) is 0 Å². The molecule has 3 aromatic rings. The Morgan fingerprint density at radius 2 is 2.00 bits per heavy atom. The number of hydrogen-bond acceptors (Lipinski definition) is 4. The van der Waals surface area contributed by atoms with Crippen LogP contribution in [0.3, 0.4) is 0 Å². The van der Waals surface area contributed by atoms with Crippen molar-refractivity contribution in [3.8, 4) is 17.0 Å². The topological polar surface area (TPSA) is 47.9 Å². The molecule has 0 unspecified atom stereocenters. The Kier molecular flexibility index (Phi) is 2.61. The van der Waals surface area contributed by atoms with E-state index in [0.29, 0.717) is 5.65 Å². The molecule has 88 valence electrons. The predicted molar refractivity (Wildman–Crippen MR) is 69.3 cm³/mol. The quantitative estimate of drug-likeness (QED) is 0.687. The second-order valence-electron chi connectivity index (χ2n) is 3.83. The minimum atomic E-state index is 0.651. The van der Waals surface area contributed by atoms with Crippen molar-refractivity contribution in [2.75, 3.05) is 7.11 Å². The molecule has 4 nitrogen and oxygen atoms in total. The summed E-state index contributed by atoms with van der Waals surface area (Å²) in [5.41, 5.74) is 3.21. The maximum Gasteiger partial charge on any atom is 0.178 e. The van der Waals surface area contributed by atoms with Gasteiger partial charge in [-0.05, 0) is 24.3 Å². The smallest absolute Gasteiger partial charge is 0.178 e. The lowest BCUT2D eigenvalue weighted by atomic mass is 10.1. The minimum absolute atomic E-state index is 0.651. The summed E-state index contributed by atoms with van der Waals surface area (Å²) in [6, 6.07) is 11.5. The Labute approximate surface area is 104 Å². The van der Waals surface area contributed by atoms with Crippen molar-refractivity contribution in [2.45, 2.75) is 0 Å². The summed E-state index contributed by atoms with van der Waals surface area (Å²) in [7, 11) is 1.65. The van der Waals surface area contributed by atoms with E-state index in [1.165, 1.54) is 0 Å². The standard InChI is InChI=1S/C14H11N3O/c1-18-11-5-2-4-10(8-11)13-9-16-12-6-3-7-15-14(12)17-13/h2-9H,1H3. The van der Waals surface area contributed by atoms with Gasteiger partial charge in [-0.2, -0.15) is 0 Å². The zero-order chi connectivity index (χ0) is 12.4. The zero-order valence-corrected chi connectivity index (χ0v) is 9.87. The lowest BCUT2D eigenvalue weighted by Gasteiger charge is -2.04. The first kappa shape index (κ1) is 10.7. The van der Waals surface area contributed by atoms with Crippen molar-refractivity contribution in [1.82, 2.24) is 15.0 Å². The van der Waals surface area contributed by atoms with Gasteiger partial charge < -0.3 is 4.74 Å². The van der Waals surface area contributed by atoms with Crippen LogP contribution in [0.1, 0.15) is 0 Å². The van der Waals surface area contributed by atoms with Crippen LogP contribution in [0.4, 0.5) is 0 Å². The molecule has 18 heavy (non-hydrogen) atoms. The number of aromatic nitrogens is 3. The highest BCUT2D eigenvalue weighted by Crippen LogP contribution is 2.22. The first-order valence-electron chi connectivity index (χ1n) is 5.59. The van der Waals surface area contributed by atoms with Crippen molar-refractivity contribution in [3.05, 3.63) is 48.8 Å². The van der Waals surface area contributed by atoms with Crippen LogP contribution in [0.2, 0.25) is 0 Å². The molecule has 3 rings (SSSR count). The molecule has 1 aromatic carbocycles. The molecule has 0 amide bonds. The maximum atomic E-state index is 5.20. The molecule has 0 saturated carbocycles. The van der Waals surface area contributed by atoms with E-state index >= 15 is 0 Å². The number of nitrogens with zero attached hydrogens (tertiary/aromatic N) is 3. The molecule has 0 N–H and O–H groups in total. The van der Waals surface area contributed by atoms with E-state index in [2.05, 4.69) is 15.0 Å². The van der Waals surface area contributed by atoms with Gasteiger partial charge in [-0.1, -0.05) is 12.1 Å². The van der Waals surface area contributed by atoms with E-state index in [1.807, 2.05) is 36.4 Å². The Morgan fingerprint density at radius 1 is 1.06 bits per heavy atom. The number of benzene rings is 1. The first-order valence-corrected chi connectivity index (χ1v) is 5.59. The molecule has 0 atom stereocenters. The summed E-state index contributed by atoms with van der Waals surface area (Å²) in [5.74, 6) is 0.801. The van der Waals surface area contributed by atoms with E-state index in [1.54, 1.807) is 19.5 Å². The van der Waals surface area contributed by atoms with Crippen molar-refractivity contribution in [2.24, 2.45) is 0 Å². The lowest BCUT2D eigenvalue weighted by Crippen LogP contribution is -1.91. The highest BCUT2D eigenvalue weighted by molar-refractivity contribution is 5.73. The van der Waals surface area contributed by atoms with Crippen molar-refractivity contribution < 1.29 is 4.74 Å². The molecule has 0 spiro atoms. The summed E-state index contributed by atoms with van der Waals surface area (Å²) in [4.78, 5) is 13.0. The average Bonchev–Trinajstić information content (AvgIpc) is 2.47. The van der Waals surface area contributed by atoms with Gasteiger partial charge in [0.2, 0.25) is 0 Å². The number of pyridine rings is 1. The monoisotopic (exact) mass is 237 g/mol. The molecule has 0 aliphatic carbocycles. The van der Waals surface area contributed by atoms with Crippen molar-refractivity contribution >= 4 is 11.2 Å². The van der Waals surface area contributed by atoms with Crippen molar-refractivity contribution in [3.63, 3.8) is 0 Å². The number of hydrogen-bond donors (Lipinski definition) is 0. The van der Waals surface area contributed by atoms with Gasteiger partial charge >= 0.3 is 0 Å². The van der Waals surface area contributed by atoms with Gasteiger partial charge in [0.15, 0.2) is 5.65 Å². The summed E-state index contributed by atoms with van der Waals surface area (Å²) < 4.78 is 5.20. The number of rotatable bonds is 2. The highest BCUT2D eigenvalue weighted by Gasteiger charge is 2.04. The largest absolute Gasteiger partial charge is 0.497 e. The zero-order valence-electron chi connectivity index (χ0n) is 9.87. The molecule has 2 heterocycles. The molecular formula is C14H11N3O. The van der Waals surface area contributed by atoms with Crippen LogP contribution < -0.4 is 4.74 Å². The fourth-order valence-corrected chi connectivity index (χ4v) is 1.77. The van der Waals surface area contributed by atoms with Gasteiger partial charge in [-0.25, -0.2) is 9.97 Å². The maximum absolute atomic E-state index is 5.20. The summed E-state index contributed by atoms with van der Waals surface area (Å²) >= 11 is 0. The molecule has 2 aromatic heterocycles. The SMILES string of the molecule is COc1cccc(-c2cnc3cccnc3n2)c1. The molecule has 0 aliphatic rings. The van der Waals surface area contributed by atoms with E-state index in [-0.39, 0.29) is 0 Å². The van der Waals surface area contributed by atoms with Crippen LogP contribution in [0, 0.1) is 0 Å². The molecule has 0 bridgehead atoms. The van der Waals surface area contributed by atoms with Crippen LogP contribution in [0.25, 0.3) is 22.4 Å². The van der Waals surface area contributed by atoms with Gasteiger partial charge in [0.1, 0.15) is 11.3 Å². The Hall–Kier alpha value is -2.49. The van der Waals surface area contributed by atoms with Crippen LogP contribution in [-0.2, 0) is 0 Å². The predicted octanol–water partition coefficient (Wildman–Crippen LogP) is 2.70. The fourth-order valence-electron chi connectivity index (χ4n) is 1.77. The van der Waals surface area contributed by atoms with E-state index < -0.39 is 0 Å². The van der Waals surface area contributed by atoms with Gasteiger partial charge in [0, 0.05) is 11.8 Å². The Balaban J connectivity index is 2.13. The van der Waals surface area contributed by atoms with Crippen LogP contribution in [0.5, 0.6) is 5.75 Å². The third-order valence-electron chi connectivity index (χ3n) is 2.68. The van der Waals surface area contributed by atoms with Crippen LogP contribution in [-0.4, -0.2) is 22.1 Å². The molecule has 0 aliphatic heterocycles. The molecular weight excluding hydrogens is 226 g/mol. The van der Waals surface area contributed by atoms with E-state index in [4.69, 9.17) is 4.74 Å². The molecule has 4 heteroatoms. The molecule has 0 radical (unpaired) electrons. The average molecular weight is 237 g/mol. The lowest BCUT2D eigenvalue weighted by molar-refractivity contribution is 0.415. The number of fused-ring (bicyclic) bond motifs is 1. The van der Waals surface area contributed by atoms with Crippen LogP contribution in [0.15, 0.2) is 48.8 Å². The van der Waals surface area contributed by atoms with Gasteiger partial charge in [0.05, 0.1) is 19.0 Å². The number of methoxy groups -OCH3 is 1. The minimum Gasteiger partial charge on any atom is -0.497 e. The normalized spacial score (nSPS) is 10.5. The Morgan fingerprint density at radius 3 is 2.89 bits per heavy atom.